The Morgan fingerprint density at radius 3 is 2.68 bits per heavy atom. The Bertz CT molecular complexity index is 614. The third kappa shape index (κ3) is 2.44. The molecule has 19 heavy (non-hydrogen) atoms. The molecule has 0 atom stereocenters. The maximum absolute atomic E-state index is 14.3. The van der Waals surface area contributed by atoms with E-state index in [9.17, 15) is 4.39 Å². The predicted octanol–water partition coefficient (Wildman–Crippen LogP) is 5.79. The van der Waals surface area contributed by atoms with Gasteiger partial charge >= 0.3 is 0 Å². The Kier molecular flexibility index (Phi) is 3.64. The lowest BCUT2D eigenvalue weighted by Crippen LogP contribution is -2.05. The van der Waals surface area contributed by atoms with E-state index in [0.717, 1.165) is 22.9 Å². The van der Waals surface area contributed by atoms with Gasteiger partial charge in [-0.2, -0.15) is 0 Å². The Labute approximate surface area is 125 Å². The topological polar surface area (TPSA) is 0 Å². The monoisotopic (exact) mass is 338 g/mol. The van der Waals surface area contributed by atoms with Crippen molar-refractivity contribution in [3.63, 3.8) is 0 Å². The van der Waals surface area contributed by atoms with Gasteiger partial charge in [-0.1, -0.05) is 29.8 Å². The first-order valence-corrected chi connectivity index (χ1v) is 7.59. The lowest BCUT2D eigenvalue weighted by molar-refractivity contribution is 0.629. The number of hydrogen-bond acceptors (Lipinski definition) is 0. The highest BCUT2D eigenvalue weighted by molar-refractivity contribution is 9.10. The SMILES string of the molecule is Fc1cc(Cl)cc(Br)c1-c1cccc2c1CCCC2. The molecule has 0 N–H and O–H groups in total. The quantitative estimate of drug-likeness (QED) is 0.617. The number of hydrogen-bond donors (Lipinski definition) is 0. The highest BCUT2D eigenvalue weighted by Crippen LogP contribution is 2.38. The van der Waals surface area contributed by atoms with E-state index >= 15 is 0 Å². The van der Waals surface area contributed by atoms with Crippen LogP contribution in [0.4, 0.5) is 4.39 Å². The fourth-order valence-corrected chi connectivity index (χ4v) is 3.80. The number of fused-ring (bicyclic) bond motifs is 1. The van der Waals surface area contributed by atoms with Gasteiger partial charge < -0.3 is 0 Å². The molecule has 0 fully saturated rings. The molecule has 0 nitrogen and oxygen atoms in total. The highest BCUT2D eigenvalue weighted by Gasteiger charge is 2.18. The molecular weight excluding hydrogens is 327 g/mol. The Morgan fingerprint density at radius 2 is 1.89 bits per heavy atom. The van der Waals surface area contributed by atoms with E-state index in [1.807, 2.05) is 12.1 Å². The summed E-state index contributed by atoms with van der Waals surface area (Å²) in [5.74, 6) is -0.265. The molecule has 0 radical (unpaired) electrons. The average molecular weight is 340 g/mol. The fraction of sp³-hybridized carbons (Fsp3) is 0.250. The normalized spacial score (nSPS) is 14.3. The molecule has 1 aliphatic carbocycles. The van der Waals surface area contributed by atoms with Crippen molar-refractivity contribution < 1.29 is 4.39 Å². The summed E-state index contributed by atoms with van der Waals surface area (Å²) in [5.41, 5.74) is 4.27. The summed E-state index contributed by atoms with van der Waals surface area (Å²) in [5, 5.41) is 0.415. The number of halogens is 3. The van der Waals surface area contributed by atoms with Crippen LogP contribution in [0, 0.1) is 5.82 Å². The van der Waals surface area contributed by atoms with E-state index in [2.05, 4.69) is 22.0 Å². The van der Waals surface area contributed by atoms with Crippen molar-refractivity contribution in [1.82, 2.24) is 0 Å². The Morgan fingerprint density at radius 1 is 1.11 bits per heavy atom. The van der Waals surface area contributed by atoms with Crippen LogP contribution in [0.1, 0.15) is 24.0 Å². The first-order valence-electron chi connectivity index (χ1n) is 6.42. The van der Waals surface area contributed by atoms with Crippen molar-refractivity contribution >= 4 is 27.5 Å². The molecule has 2 aromatic carbocycles. The van der Waals surface area contributed by atoms with Crippen LogP contribution in [0.3, 0.4) is 0 Å². The fourth-order valence-electron chi connectivity index (χ4n) is 2.82. The molecule has 98 valence electrons. The molecule has 0 unspecified atom stereocenters. The summed E-state index contributed by atoms with van der Waals surface area (Å²) >= 11 is 9.32. The van der Waals surface area contributed by atoms with Gasteiger partial charge in [-0.05, 0) is 70.4 Å². The Balaban J connectivity index is 2.23. The minimum Gasteiger partial charge on any atom is -0.206 e. The molecule has 3 heteroatoms. The summed E-state index contributed by atoms with van der Waals surface area (Å²) in [4.78, 5) is 0. The molecule has 0 heterocycles. The van der Waals surface area contributed by atoms with Gasteiger partial charge in [0.1, 0.15) is 5.82 Å². The van der Waals surface area contributed by atoms with Crippen LogP contribution in [-0.2, 0) is 12.8 Å². The van der Waals surface area contributed by atoms with Gasteiger partial charge in [-0.3, -0.25) is 0 Å². The second-order valence-corrected chi connectivity index (χ2v) is 6.19. The third-order valence-corrected chi connectivity index (χ3v) is 4.52. The molecule has 1 aliphatic rings. The van der Waals surface area contributed by atoms with Crippen molar-refractivity contribution in [2.45, 2.75) is 25.7 Å². The van der Waals surface area contributed by atoms with Crippen LogP contribution in [0.15, 0.2) is 34.8 Å². The van der Waals surface area contributed by atoms with Crippen LogP contribution < -0.4 is 0 Å². The van der Waals surface area contributed by atoms with E-state index in [0.29, 0.717) is 10.6 Å². The zero-order valence-electron chi connectivity index (χ0n) is 10.3. The summed E-state index contributed by atoms with van der Waals surface area (Å²) in [6.45, 7) is 0. The van der Waals surface area contributed by atoms with Gasteiger partial charge in [-0.15, -0.1) is 0 Å². The standard InChI is InChI=1S/C16H13BrClF/c17-14-8-11(18)9-15(19)16(14)13-7-3-5-10-4-1-2-6-12(10)13/h3,5,7-9H,1-2,4,6H2. The van der Waals surface area contributed by atoms with Crippen LogP contribution in [0.5, 0.6) is 0 Å². The summed E-state index contributed by atoms with van der Waals surface area (Å²) in [6.07, 6.45) is 4.52. The first-order chi connectivity index (χ1) is 9.16. The molecule has 0 saturated carbocycles. The molecule has 0 amide bonds. The summed E-state index contributed by atoms with van der Waals surface area (Å²) < 4.78 is 15.0. The molecule has 0 aromatic heterocycles. The second kappa shape index (κ2) is 5.26. The predicted molar refractivity (Wildman–Crippen MR) is 81.2 cm³/mol. The van der Waals surface area contributed by atoms with E-state index < -0.39 is 0 Å². The highest BCUT2D eigenvalue weighted by atomic mass is 79.9. The van der Waals surface area contributed by atoms with Gasteiger partial charge in [0.05, 0.1) is 0 Å². The maximum Gasteiger partial charge on any atom is 0.133 e. The lowest BCUT2D eigenvalue weighted by atomic mass is 9.86. The van der Waals surface area contributed by atoms with Gasteiger partial charge in [0.25, 0.3) is 0 Å². The van der Waals surface area contributed by atoms with E-state index in [-0.39, 0.29) is 5.82 Å². The van der Waals surface area contributed by atoms with Crippen LogP contribution >= 0.6 is 27.5 Å². The minimum atomic E-state index is -0.265. The number of rotatable bonds is 1. The summed E-state index contributed by atoms with van der Waals surface area (Å²) in [7, 11) is 0. The lowest BCUT2D eigenvalue weighted by Gasteiger charge is -2.20. The van der Waals surface area contributed by atoms with Crippen LogP contribution in [0.25, 0.3) is 11.1 Å². The maximum atomic E-state index is 14.3. The van der Waals surface area contributed by atoms with Crippen molar-refractivity contribution in [2.75, 3.05) is 0 Å². The largest absolute Gasteiger partial charge is 0.206 e. The van der Waals surface area contributed by atoms with E-state index in [1.54, 1.807) is 6.07 Å². The van der Waals surface area contributed by atoms with E-state index in [4.69, 9.17) is 11.6 Å². The molecule has 0 saturated heterocycles. The van der Waals surface area contributed by atoms with Gasteiger partial charge in [0, 0.05) is 15.1 Å². The minimum absolute atomic E-state index is 0.265. The smallest absolute Gasteiger partial charge is 0.133 e. The van der Waals surface area contributed by atoms with Crippen molar-refractivity contribution in [2.24, 2.45) is 0 Å². The molecule has 3 rings (SSSR count). The number of benzene rings is 2. The van der Waals surface area contributed by atoms with Crippen molar-refractivity contribution in [3.8, 4) is 11.1 Å². The molecule has 0 bridgehead atoms. The van der Waals surface area contributed by atoms with Gasteiger partial charge in [0.2, 0.25) is 0 Å². The van der Waals surface area contributed by atoms with Gasteiger partial charge in [-0.25, -0.2) is 4.39 Å². The van der Waals surface area contributed by atoms with Crippen molar-refractivity contribution in [1.29, 1.82) is 0 Å². The first kappa shape index (κ1) is 13.1. The molecule has 2 aromatic rings. The van der Waals surface area contributed by atoms with Crippen molar-refractivity contribution in [3.05, 3.63) is 56.8 Å². The third-order valence-electron chi connectivity index (χ3n) is 3.67. The Hall–Kier alpha value is -0.860. The van der Waals surface area contributed by atoms with Gasteiger partial charge in [0.15, 0.2) is 0 Å². The second-order valence-electron chi connectivity index (χ2n) is 4.89. The molecule has 0 aliphatic heterocycles. The molecule has 0 spiro atoms. The average Bonchev–Trinajstić information content (AvgIpc) is 2.38. The van der Waals surface area contributed by atoms with E-state index in [1.165, 1.54) is 30.0 Å². The van der Waals surface area contributed by atoms with Crippen LogP contribution in [-0.4, -0.2) is 0 Å². The zero-order valence-corrected chi connectivity index (χ0v) is 12.7. The molecular formula is C16H13BrClF. The zero-order chi connectivity index (χ0) is 13.4. The number of aryl methyl sites for hydroxylation is 1. The van der Waals surface area contributed by atoms with Crippen LogP contribution in [0.2, 0.25) is 5.02 Å². The summed E-state index contributed by atoms with van der Waals surface area (Å²) in [6, 6.07) is 9.30.